The number of thioether (sulfide) groups is 1. The summed E-state index contributed by atoms with van der Waals surface area (Å²) < 4.78 is 6.11. The number of methoxy groups -OCH3 is 1. The first-order valence-corrected chi connectivity index (χ1v) is 11.4. The Morgan fingerprint density at radius 2 is 2.07 bits per heavy atom. The van der Waals surface area contributed by atoms with Crippen molar-refractivity contribution >= 4 is 39.8 Å². The maximum atomic E-state index is 12.6. The largest absolute Gasteiger partial charge is 0.495 e. The van der Waals surface area contributed by atoms with Gasteiger partial charge in [-0.2, -0.15) is 0 Å². The topological polar surface area (TPSA) is 76.1 Å². The number of rotatable bonds is 7. The van der Waals surface area contributed by atoms with Crippen molar-refractivity contribution in [3.63, 3.8) is 0 Å². The van der Waals surface area contributed by atoms with Gasteiger partial charge in [0.05, 0.1) is 18.0 Å². The van der Waals surface area contributed by atoms with Crippen molar-refractivity contribution in [1.82, 2.24) is 15.5 Å². The van der Waals surface area contributed by atoms with Gasteiger partial charge >= 0.3 is 0 Å². The average Bonchev–Trinajstić information content (AvgIpc) is 3.12. The van der Waals surface area contributed by atoms with E-state index in [4.69, 9.17) is 4.74 Å². The van der Waals surface area contributed by atoms with Gasteiger partial charge in [-0.1, -0.05) is 61.9 Å². The number of para-hydroxylation sites is 2. The molecule has 1 fully saturated rings. The lowest BCUT2D eigenvalue weighted by Crippen LogP contribution is -2.46. The number of ether oxygens (including phenoxy) is 1. The van der Waals surface area contributed by atoms with Gasteiger partial charge in [-0.25, -0.2) is 0 Å². The summed E-state index contributed by atoms with van der Waals surface area (Å²) in [5, 5.41) is 15.3. The SMILES string of the molecule is COc1ccccc1Nc1nnc(S[C@H](C)C(=O)N[C@H]2CCC[C@@H](C)[C@@H]2C)s1. The van der Waals surface area contributed by atoms with E-state index in [-0.39, 0.29) is 17.2 Å². The Kier molecular flexibility index (Phi) is 7.18. The van der Waals surface area contributed by atoms with E-state index in [0.717, 1.165) is 22.2 Å². The van der Waals surface area contributed by atoms with Crippen LogP contribution in [0.2, 0.25) is 0 Å². The third-order valence-electron chi connectivity index (χ3n) is 5.44. The molecule has 0 bridgehead atoms. The molecule has 0 radical (unpaired) electrons. The second-order valence-electron chi connectivity index (χ2n) is 7.34. The minimum Gasteiger partial charge on any atom is -0.495 e. The van der Waals surface area contributed by atoms with E-state index in [9.17, 15) is 4.79 Å². The predicted octanol–water partition coefficient (Wildman–Crippen LogP) is 4.71. The lowest BCUT2D eigenvalue weighted by atomic mass is 9.78. The van der Waals surface area contributed by atoms with Crippen LogP contribution in [0.15, 0.2) is 28.6 Å². The maximum Gasteiger partial charge on any atom is 0.233 e. The summed E-state index contributed by atoms with van der Waals surface area (Å²) in [6, 6.07) is 7.94. The Bertz CT molecular complexity index is 798. The summed E-state index contributed by atoms with van der Waals surface area (Å²) >= 11 is 2.88. The van der Waals surface area contributed by atoms with Crippen LogP contribution in [0, 0.1) is 11.8 Å². The van der Waals surface area contributed by atoms with Gasteiger partial charge in [0.15, 0.2) is 4.34 Å². The molecular formula is C20H28N4O2S2. The zero-order valence-electron chi connectivity index (χ0n) is 16.8. The predicted molar refractivity (Wildman–Crippen MR) is 116 cm³/mol. The van der Waals surface area contributed by atoms with Crippen LogP contribution in [0.3, 0.4) is 0 Å². The van der Waals surface area contributed by atoms with Crippen LogP contribution < -0.4 is 15.4 Å². The number of nitrogens with zero attached hydrogens (tertiary/aromatic N) is 2. The highest BCUT2D eigenvalue weighted by Gasteiger charge is 2.29. The first-order chi connectivity index (χ1) is 13.5. The fourth-order valence-corrected chi connectivity index (χ4v) is 5.38. The van der Waals surface area contributed by atoms with Crippen LogP contribution in [-0.4, -0.2) is 34.5 Å². The molecule has 1 amide bonds. The summed E-state index contributed by atoms with van der Waals surface area (Å²) in [5.74, 6) is 2.00. The molecule has 3 rings (SSSR count). The maximum absolute atomic E-state index is 12.6. The van der Waals surface area contributed by atoms with Crippen molar-refractivity contribution in [3.05, 3.63) is 24.3 Å². The van der Waals surface area contributed by atoms with E-state index in [1.54, 1.807) is 7.11 Å². The molecule has 152 valence electrons. The quantitative estimate of drug-likeness (QED) is 0.632. The lowest BCUT2D eigenvalue weighted by Gasteiger charge is -2.35. The molecule has 0 spiro atoms. The molecule has 0 aliphatic heterocycles. The van der Waals surface area contributed by atoms with E-state index in [1.807, 2.05) is 31.2 Å². The Morgan fingerprint density at radius 3 is 2.86 bits per heavy atom. The monoisotopic (exact) mass is 420 g/mol. The van der Waals surface area contributed by atoms with Crippen LogP contribution in [0.25, 0.3) is 0 Å². The number of hydrogen-bond acceptors (Lipinski definition) is 7. The van der Waals surface area contributed by atoms with Gasteiger partial charge < -0.3 is 15.4 Å². The molecule has 1 aliphatic rings. The van der Waals surface area contributed by atoms with Crippen LogP contribution in [-0.2, 0) is 4.79 Å². The number of hydrogen-bond donors (Lipinski definition) is 2. The van der Waals surface area contributed by atoms with E-state index < -0.39 is 0 Å². The fraction of sp³-hybridized carbons (Fsp3) is 0.550. The highest BCUT2D eigenvalue weighted by Crippen LogP contribution is 2.34. The summed E-state index contributed by atoms with van der Waals surface area (Å²) in [6.07, 6.45) is 3.51. The van der Waals surface area contributed by atoms with Gasteiger partial charge in [0.2, 0.25) is 11.0 Å². The highest BCUT2D eigenvalue weighted by molar-refractivity contribution is 8.02. The molecule has 6 nitrogen and oxygen atoms in total. The number of carbonyl (C=O) groups is 1. The minimum absolute atomic E-state index is 0.0744. The molecule has 1 heterocycles. The Morgan fingerprint density at radius 1 is 1.29 bits per heavy atom. The van der Waals surface area contributed by atoms with Crippen molar-refractivity contribution < 1.29 is 9.53 Å². The molecular weight excluding hydrogens is 392 g/mol. The molecule has 0 saturated heterocycles. The number of aromatic nitrogens is 2. The lowest BCUT2D eigenvalue weighted by molar-refractivity contribution is -0.121. The van der Waals surface area contributed by atoms with Gasteiger partial charge in [0, 0.05) is 6.04 Å². The minimum atomic E-state index is -0.212. The van der Waals surface area contributed by atoms with Crippen LogP contribution in [0.5, 0.6) is 5.75 Å². The number of benzene rings is 1. The summed E-state index contributed by atoms with van der Waals surface area (Å²) in [4.78, 5) is 12.6. The number of amides is 1. The highest BCUT2D eigenvalue weighted by atomic mass is 32.2. The molecule has 2 N–H and O–H groups in total. The van der Waals surface area contributed by atoms with E-state index >= 15 is 0 Å². The summed E-state index contributed by atoms with van der Waals surface area (Å²) in [6.45, 7) is 6.44. The number of carbonyl (C=O) groups excluding carboxylic acids is 1. The number of nitrogens with one attached hydrogen (secondary N) is 2. The van der Waals surface area contributed by atoms with Crippen LogP contribution >= 0.6 is 23.1 Å². The first-order valence-electron chi connectivity index (χ1n) is 9.68. The first kappa shape index (κ1) is 20.9. The molecule has 1 aromatic carbocycles. The third kappa shape index (κ3) is 5.17. The molecule has 8 heteroatoms. The molecule has 1 aliphatic carbocycles. The second-order valence-corrected chi connectivity index (χ2v) is 9.91. The molecule has 2 aromatic rings. The van der Waals surface area contributed by atoms with Crippen molar-refractivity contribution in [3.8, 4) is 5.75 Å². The second kappa shape index (κ2) is 9.60. The molecule has 1 aromatic heterocycles. The van der Waals surface area contributed by atoms with Crippen molar-refractivity contribution in [2.24, 2.45) is 11.8 Å². The Balaban J connectivity index is 1.56. The van der Waals surface area contributed by atoms with Gasteiger partial charge in [0.1, 0.15) is 5.75 Å². The van der Waals surface area contributed by atoms with E-state index in [2.05, 4.69) is 34.7 Å². The van der Waals surface area contributed by atoms with Gasteiger partial charge in [-0.05, 0) is 37.3 Å². The average molecular weight is 421 g/mol. The van der Waals surface area contributed by atoms with Crippen molar-refractivity contribution in [2.45, 2.75) is 55.7 Å². The smallest absolute Gasteiger partial charge is 0.233 e. The Hall–Kier alpha value is -1.80. The summed E-state index contributed by atoms with van der Waals surface area (Å²) in [7, 11) is 1.64. The molecule has 4 atom stereocenters. The fourth-order valence-electron chi connectivity index (χ4n) is 3.46. The molecule has 0 unspecified atom stereocenters. The molecule has 28 heavy (non-hydrogen) atoms. The van der Waals surface area contributed by atoms with Crippen molar-refractivity contribution in [2.75, 3.05) is 12.4 Å². The molecule has 1 saturated carbocycles. The standard InChI is InChI=1S/C20H28N4O2S2/c1-12-8-7-10-15(13(12)2)21-18(25)14(3)27-20-24-23-19(28-20)22-16-9-5-6-11-17(16)26-4/h5-6,9,11-15H,7-8,10H2,1-4H3,(H,21,25)(H,22,23)/t12-,13+,14-,15+/m1/s1. The van der Waals surface area contributed by atoms with Crippen LogP contribution in [0.4, 0.5) is 10.8 Å². The van der Waals surface area contributed by atoms with E-state index in [0.29, 0.717) is 17.0 Å². The number of anilines is 2. The van der Waals surface area contributed by atoms with Gasteiger partial charge in [0.25, 0.3) is 0 Å². The third-order valence-corrected chi connectivity index (χ3v) is 7.46. The van der Waals surface area contributed by atoms with Crippen LogP contribution in [0.1, 0.15) is 40.0 Å². The van der Waals surface area contributed by atoms with Crippen molar-refractivity contribution in [1.29, 1.82) is 0 Å². The normalized spacial score (nSPS) is 23.1. The van der Waals surface area contributed by atoms with E-state index in [1.165, 1.54) is 35.9 Å². The van der Waals surface area contributed by atoms with Gasteiger partial charge in [-0.15, -0.1) is 10.2 Å². The zero-order valence-corrected chi connectivity index (χ0v) is 18.4. The zero-order chi connectivity index (χ0) is 20.1. The van der Waals surface area contributed by atoms with Gasteiger partial charge in [-0.3, -0.25) is 4.79 Å². The Labute approximate surface area is 174 Å². The summed E-state index contributed by atoms with van der Waals surface area (Å²) in [5.41, 5.74) is 0.837.